The van der Waals surface area contributed by atoms with Crippen molar-refractivity contribution in [3.05, 3.63) is 41.2 Å². The maximum atomic E-state index is 9.41. The first kappa shape index (κ1) is 16.8. The van der Waals surface area contributed by atoms with Gasteiger partial charge in [-0.1, -0.05) is 12.1 Å². The van der Waals surface area contributed by atoms with E-state index in [2.05, 4.69) is 17.0 Å². The molecule has 6 heteroatoms. The van der Waals surface area contributed by atoms with Crippen LogP contribution in [0.3, 0.4) is 0 Å². The molecule has 0 atom stereocenters. The highest BCUT2D eigenvalue weighted by molar-refractivity contribution is 5.82. The van der Waals surface area contributed by atoms with Crippen LogP contribution < -0.4 is 9.64 Å². The van der Waals surface area contributed by atoms with E-state index in [-0.39, 0.29) is 6.61 Å². The van der Waals surface area contributed by atoms with Crippen molar-refractivity contribution in [2.24, 2.45) is 0 Å². The molecule has 0 saturated carbocycles. The number of fused-ring (bicyclic) bond motifs is 2. The van der Waals surface area contributed by atoms with Crippen molar-refractivity contribution in [1.29, 1.82) is 0 Å². The number of aryl methyl sites for hydroxylation is 2. The summed E-state index contributed by atoms with van der Waals surface area (Å²) in [5.41, 5.74) is 6.39. The third-order valence-corrected chi connectivity index (χ3v) is 5.11. The van der Waals surface area contributed by atoms with Gasteiger partial charge in [0.25, 0.3) is 0 Å². The molecule has 1 aromatic carbocycles. The largest absolute Gasteiger partial charge is 0.497 e. The summed E-state index contributed by atoms with van der Waals surface area (Å²) in [6, 6.07) is 8.03. The van der Waals surface area contributed by atoms with Crippen LogP contribution in [0.25, 0.3) is 16.8 Å². The van der Waals surface area contributed by atoms with Gasteiger partial charge in [-0.15, -0.1) is 0 Å². The zero-order chi connectivity index (χ0) is 18.3. The number of hydrogen-bond donors (Lipinski definition) is 1. The smallest absolute Gasteiger partial charge is 0.165 e. The van der Waals surface area contributed by atoms with Gasteiger partial charge >= 0.3 is 0 Å². The highest BCUT2D eigenvalue weighted by Crippen LogP contribution is 2.35. The summed E-state index contributed by atoms with van der Waals surface area (Å²) in [6.07, 6.45) is 3.13. The van der Waals surface area contributed by atoms with E-state index in [0.717, 1.165) is 59.0 Å². The minimum atomic E-state index is 0.112. The molecule has 0 aliphatic heterocycles. The average molecular weight is 352 g/mol. The van der Waals surface area contributed by atoms with Gasteiger partial charge in [0.1, 0.15) is 11.6 Å². The van der Waals surface area contributed by atoms with E-state index in [1.54, 1.807) is 7.11 Å². The number of aliphatic hydroxyl groups excluding tert-OH is 1. The van der Waals surface area contributed by atoms with E-state index >= 15 is 0 Å². The van der Waals surface area contributed by atoms with Crippen LogP contribution in [0.1, 0.15) is 23.4 Å². The molecule has 3 aromatic rings. The maximum Gasteiger partial charge on any atom is 0.165 e. The molecule has 1 aliphatic carbocycles. The molecule has 0 unspecified atom stereocenters. The third kappa shape index (κ3) is 2.61. The number of likely N-dealkylation sites (N-methyl/N-ethyl adjacent to an activating group) is 1. The third-order valence-electron chi connectivity index (χ3n) is 5.11. The lowest BCUT2D eigenvalue weighted by Gasteiger charge is -2.22. The van der Waals surface area contributed by atoms with Gasteiger partial charge in [-0.05, 0) is 43.9 Å². The van der Waals surface area contributed by atoms with E-state index in [4.69, 9.17) is 14.8 Å². The second-order valence-corrected chi connectivity index (χ2v) is 6.78. The number of aromatic nitrogens is 3. The molecule has 1 aliphatic rings. The van der Waals surface area contributed by atoms with E-state index in [9.17, 15) is 5.11 Å². The van der Waals surface area contributed by atoms with Gasteiger partial charge in [0.15, 0.2) is 5.65 Å². The Morgan fingerprint density at radius 2 is 2.00 bits per heavy atom. The highest BCUT2D eigenvalue weighted by atomic mass is 16.5. The SMILES string of the molecule is COc1ccc(-c2c(C)nn3c(N(C)CCO)c4c(nc23)CCC4)cc1. The van der Waals surface area contributed by atoms with Gasteiger partial charge in [-0.25, -0.2) is 4.98 Å². The summed E-state index contributed by atoms with van der Waals surface area (Å²) in [5.74, 6) is 1.89. The fourth-order valence-electron chi connectivity index (χ4n) is 3.86. The Morgan fingerprint density at radius 1 is 1.23 bits per heavy atom. The van der Waals surface area contributed by atoms with Gasteiger partial charge in [0.05, 0.1) is 19.4 Å². The zero-order valence-corrected chi connectivity index (χ0v) is 15.5. The Morgan fingerprint density at radius 3 is 2.69 bits per heavy atom. The van der Waals surface area contributed by atoms with Crippen LogP contribution in [0.2, 0.25) is 0 Å². The van der Waals surface area contributed by atoms with Gasteiger partial charge in [0.2, 0.25) is 0 Å². The van der Waals surface area contributed by atoms with Crippen LogP contribution >= 0.6 is 0 Å². The second-order valence-electron chi connectivity index (χ2n) is 6.78. The first-order valence-electron chi connectivity index (χ1n) is 9.01. The van der Waals surface area contributed by atoms with E-state index in [1.165, 1.54) is 5.56 Å². The summed E-state index contributed by atoms with van der Waals surface area (Å²) in [5, 5.41) is 14.2. The van der Waals surface area contributed by atoms with Crippen molar-refractivity contribution < 1.29 is 9.84 Å². The highest BCUT2D eigenvalue weighted by Gasteiger charge is 2.25. The Balaban J connectivity index is 1.95. The van der Waals surface area contributed by atoms with Crippen molar-refractivity contribution in [2.75, 3.05) is 32.2 Å². The molecule has 0 radical (unpaired) electrons. The maximum absolute atomic E-state index is 9.41. The molecular weight excluding hydrogens is 328 g/mol. The predicted octanol–water partition coefficient (Wildman–Crippen LogP) is 2.63. The Labute approximate surface area is 153 Å². The fraction of sp³-hybridized carbons (Fsp3) is 0.400. The van der Waals surface area contributed by atoms with Crippen LogP contribution in [0.5, 0.6) is 5.75 Å². The lowest BCUT2D eigenvalue weighted by Crippen LogP contribution is -2.25. The van der Waals surface area contributed by atoms with E-state index < -0.39 is 0 Å². The number of ether oxygens (including phenoxy) is 1. The van der Waals surface area contributed by atoms with Gasteiger partial charge in [-0.2, -0.15) is 9.61 Å². The first-order chi connectivity index (χ1) is 12.6. The molecule has 0 bridgehead atoms. The number of hydrogen-bond acceptors (Lipinski definition) is 5. The van der Waals surface area contributed by atoms with Crippen molar-refractivity contribution in [2.45, 2.75) is 26.2 Å². The lowest BCUT2D eigenvalue weighted by atomic mass is 10.1. The Kier molecular flexibility index (Phi) is 4.28. The average Bonchev–Trinajstić information content (AvgIpc) is 3.23. The molecule has 26 heavy (non-hydrogen) atoms. The summed E-state index contributed by atoms with van der Waals surface area (Å²) in [7, 11) is 3.68. The molecule has 0 fully saturated rings. The molecule has 4 rings (SSSR count). The van der Waals surface area contributed by atoms with Crippen LogP contribution in [0.15, 0.2) is 24.3 Å². The number of benzene rings is 1. The molecule has 0 spiro atoms. The number of nitrogens with zero attached hydrogens (tertiary/aromatic N) is 4. The molecule has 0 amide bonds. The van der Waals surface area contributed by atoms with Gasteiger partial charge < -0.3 is 14.7 Å². The summed E-state index contributed by atoms with van der Waals surface area (Å²) >= 11 is 0. The minimum Gasteiger partial charge on any atom is -0.497 e. The molecule has 2 heterocycles. The molecule has 1 N–H and O–H groups in total. The van der Waals surface area contributed by atoms with Gasteiger partial charge in [-0.3, -0.25) is 0 Å². The van der Waals surface area contributed by atoms with Crippen LogP contribution in [-0.4, -0.2) is 47.0 Å². The number of methoxy groups -OCH3 is 1. The number of aliphatic hydroxyl groups is 1. The molecular formula is C20H24N4O2. The summed E-state index contributed by atoms with van der Waals surface area (Å²) in [6.45, 7) is 2.71. The molecule has 6 nitrogen and oxygen atoms in total. The number of anilines is 1. The van der Waals surface area contributed by atoms with Crippen molar-refractivity contribution >= 4 is 11.5 Å². The normalized spacial score (nSPS) is 13.2. The lowest BCUT2D eigenvalue weighted by molar-refractivity contribution is 0.303. The predicted molar refractivity (Wildman–Crippen MR) is 102 cm³/mol. The van der Waals surface area contributed by atoms with Crippen LogP contribution in [0, 0.1) is 6.92 Å². The Hall–Kier alpha value is -2.60. The Bertz CT molecular complexity index is 947. The van der Waals surface area contributed by atoms with Crippen LogP contribution in [-0.2, 0) is 12.8 Å². The van der Waals surface area contributed by atoms with Crippen molar-refractivity contribution in [3.63, 3.8) is 0 Å². The van der Waals surface area contributed by atoms with Crippen molar-refractivity contribution in [3.8, 4) is 16.9 Å². The van der Waals surface area contributed by atoms with Crippen LogP contribution in [0.4, 0.5) is 5.82 Å². The topological polar surface area (TPSA) is 62.9 Å². The number of rotatable bonds is 5. The fourth-order valence-corrected chi connectivity index (χ4v) is 3.86. The molecule has 136 valence electrons. The first-order valence-corrected chi connectivity index (χ1v) is 9.01. The summed E-state index contributed by atoms with van der Waals surface area (Å²) < 4.78 is 7.23. The monoisotopic (exact) mass is 352 g/mol. The van der Waals surface area contributed by atoms with E-state index in [1.807, 2.05) is 30.6 Å². The standard InChI is InChI=1S/C20H24N4O2/c1-13-18(14-7-9-15(26-3)10-8-14)19-21-17-6-4-5-16(17)20(24(19)22-13)23(2)11-12-25/h7-10,25H,4-6,11-12H2,1-3H3. The quantitative estimate of drug-likeness (QED) is 0.765. The van der Waals surface area contributed by atoms with E-state index in [0.29, 0.717) is 6.54 Å². The zero-order valence-electron chi connectivity index (χ0n) is 15.5. The summed E-state index contributed by atoms with van der Waals surface area (Å²) in [4.78, 5) is 7.07. The van der Waals surface area contributed by atoms with Gasteiger partial charge in [0, 0.05) is 30.4 Å². The molecule has 0 saturated heterocycles. The second kappa shape index (κ2) is 6.61. The molecule has 2 aromatic heterocycles. The van der Waals surface area contributed by atoms with Crippen molar-refractivity contribution in [1.82, 2.24) is 14.6 Å². The minimum absolute atomic E-state index is 0.112.